The van der Waals surface area contributed by atoms with Crippen LogP contribution in [-0.4, -0.2) is 36.5 Å². The first-order chi connectivity index (χ1) is 8.77. The molecule has 4 nitrogen and oxygen atoms in total. The lowest BCUT2D eigenvalue weighted by Crippen LogP contribution is -2.40. The molecule has 3 atom stereocenters. The first-order valence-electron chi connectivity index (χ1n) is 7.04. The van der Waals surface area contributed by atoms with Gasteiger partial charge in [-0.2, -0.15) is 0 Å². The smallest absolute Gasteiger partial charge is 0.150 e. The summed E-state index contributed by atoms with van der Waals surface area (Å²) in [5.74, 6) is -0.918. The third-order valence-corrected chi connectivity index (χ3v) is 3.46. The summed E-state index contributed by atoms with van der Waals surface area (Å²) in [6, 6.07) is 0. The van der Waals surface area contributed by atoms with Crippen molar-refractivity contribution >= 4 is 12.1 Å². The van der Waals surface area contributed by atoms with E-state index in [0.717, 1.165) is 12.8 Å². The monoisotopic (exact) mass is 272 g/mol. The number of Topliss-reactive ketones (excluding diaryl/α,β-unsaturated/α-hetero) is 1. The summed E-state index contributed by atoms with van der Waals surface area (Å²) in [4.78, 5) is 23.0. The van der Waals surface area contributed by atoms with Gasteiger partial charge in [0.2, 0.25) is 0 Å². The average Bonchev–Trinajstić information content (AvgIpc) is 2.40. The van der Waals surface area contributed by atoms with E-state index in [4.69, 9.17) is 4.74 Å². The Morgan fingerprint density at radius 3 is 2.42 bits per heavy atom. The quantitative estimate of drug-likeness (QED) is 0.376. The van der Waals surface area contributed by atoms with Crippen LogP contribution in [0.5, 0.6) is 0 Å². The highest BCUT2D eigenvalue weighted by atomic mass is 16.5. The van der Waals surface area contributed by atoms with Gasteiger partial charge in [0.1, 0.15) is 6.29 Å². The summed E-state index contributed by atoms with van der Waals surface area (Å²) in [6.07, 6.45) is 1.92. The van der Waals surface area contributed by atoms with Gasteiger partial charge in [-0.05, 0) is 20.3 Å². The first kappa shape index (κ1) is 18.3. The van der Waals surface area contributed by atoms with Crippen molar-refractivity contribution in [3.05, 3.63) is 0 Å². The Labute approximate surface area is 116 Å². The predicted octanol–water partition coefficient (Wildman–Crippen LogP) is 2.23. The number of hydrogen-bond acceptors (Lipinski definition) is 4. The number of aliphatic hydroxyl groups is 1. The van der Waals surface area contributed by atoms with E-state index in [1.807, 2.05) is 6.92 Å². The van der Waals surface area contributed by atoms with Gasteiger partial charge < -0.3 is 14.6 Å². The number of aldehydes is 1. The van der Waals surface area contributed by atoms with Gasteiger partial charge in [0.15, 0.2) is 5.78 Å². The largest absolute Gasteiger partial charge is 0.392 e. The molecular formula is C15H28O4. The molecule has 0 heterocycles. The lowest BCUT2D eigenvalue weighted by molar-refractivity contribution is -0.139. The summed E-state index contributed by atoms with van der Waals surface area (Å²) < 4.78 is 5.46. The highest BCUT2D eigenvalue weighted by molar-refractivity contribution is 5.98. The zero-order chi connectivity index (χ0) is 15.1. The second kappa shape index (κ2) is 8.43. The second-order valence-electron chi connectivity index (χ2n) is 5.89. The number of rotatable bonds is 10. The molecular weight excluding hydrogens is 244 g/mol. The highest BCUT2D eigenvalue weighted by Gasteiger charge is 2.36. The third kappa shape index (κ3) is 5.83. The molecule has 0 fully saturated rings. The average molecular weight is 272 g/mol. The van der Waals surface area contributed by atoms with Gasteiger partial charge in [-0.25, -0.2) is 0 Å². The van der Waals surface area contributed by atoms with Crippen LogP contribution in [0.15, 0.2) is 0 Å². The van der Waals surface area contributed by atoms with E-state index < -0.39 is 17.4 Å². The molecule has 4 heteroatoms. The van der Waals surface area contributed by atoms with Gasteiger partial charge in [-0.15, -0.1) is 0 Å². The Morgan fingerprint density at radius 1 is 1.37 bits per heavy atom. The summed E-state index contributed by atoms with van der Waals surface area (Å²) in [6.45, 7) is 9.87. The van der Waals surface area contributed by atoms with Crippen LogP contribution >= 0.6 is 0 Å². The maximum absolute atomic E-state index is 12.1. The second-order valence-corrected chi connectivity index (χ2v) is 5.89. The molecule has 0 rings (SSSR count). The van der Waals surface area contributed by atoms with Crippen LogP contribution in [-0.2, 0) is 14.3 Å². The van der Waals surface area contributed by atoms with Crippen molar-refractivity contribution in [3.8, 4) is 0 Å². The molecule has 0 spiro atoms. The Kier molecular flexibility index (Phi) is 8.11. The summed E-state index contributed by atoms with van der Waals surface area (Å²) in [5.41, 5.74) is -1.04. The first-order valence-corrected chi connectivity index (χ1v) is 7.04. The van der Waals surface area contributed by atoms with Gasteiger partial charge in [-0.3, -0.25) is 4.79 Å². The fraction of sp³-hybridized carbons (Fsp3) is 0.867. The van der Waals surface area contributed by atoms with Crippen molar-refractivity contribution in [2.75, 3.05) is 13.2 Å². The van der Waals surface area contributed by atoms with Crippen LogP contribution in [0.3, 0.4) is 0 Å². The molecule has 0 amide bonds. The molecule has 112 valence electrons. The Bertz CT molecular complexity index is 286. The molecule has 1 N–H and O–H groups in total. The summed E-state index contributed by atoms with van der Waals surface area (Å²) in [5, 5.41) is 10.2. The molecule has 0 aromatic heterocycles. The molecule has 0 aliphatic rings. The van der Waals surface area contributed by atoms with Crippen LogP contribution in [0.4, 0.5) is 0 Å². The maximum Gasteiger partial charge on any atom is 0.150 e. The lowest BCUT2D eigenvalue weighted by Gasteiger charge is -2.28. The van der Waals surface area contributed by atoms with Crippen LogP contribution in [0.25, 0.3) is 0 Å². The molecule has 0 bridgehead atoms. The molecule has 0 saturated heterocycles. The lowest BCUT2D eigenvalue weighted by atomic mass is 9.78. The number of carbonyl (C=O) groups excluding carboxylic acids is 2. The standard InChI is InChI=1S/C15H28O4/c1-6-7-8-19-9-11(2)13(17)12(3)14(18)15(4,5)10-16/h10-13,17H,6-9H2,1-5H3/t11-,12+,13-/m0/s1. The number of ketones is 1. The van der Waals surface area contributed by atoms with Crippen LogP contribution < -0.4 is 0 Å². The number of ether oxygens (including phenoxy) is 1. The van der Waals surface area contributed by atoms with Gasteiger partial charge in [-0.1, -0.05) is 27.2 Å². The van der Waals surface area contributed by atoms with Crippen molar-refractivity contribution in [3.63, 3.8) is 0 Å². The van der Waals surface area contributed by atoms with E-state index in [1.54, 1.807) is 20.8 Å². The minimum absolute atomic E-state index is 0.127. The van der Waals surface area contributed by atoms with Gasteiger partial charge in [0.05, 0.1) is 18.1 Å². The zero-order valence-corrected chi connectivity index (χ0v) is 12.8. The fourth-order valence-corrected chi connectivity index (χ4v) is 1.91. The topological polar surface area (TPSA) is 63.6 Å². The van der Waals surface area contributed by atoms with E-state index in [0.29, 0.717) is 19.5 Å². The van der Waals surface area contributed by atoms with Crippen molar-refractivity contribution in [1.82, 2.24) is 0 Å². The number of carbonyl (C=O) groups is 2. The Morgan fingerprint density at radius 2 is 1.95 bits per heavy atom. The van der Waals surface area contributed by atoms with Crippen molar-refractivity contribution in [2.45, 2.75) is 53.6 Å². The normalized spacial score (nSPS) is 16.7. The molecule has 0 unspecified atom stereocenters. The third-order valence-electron chi connectivity index (χ3n) is 3.46. The summed E-state index contributed by atoms with van der Waals surface area (Å²) >= 11 is 0. The van der Waals surface area contributed by atoms with E-state index in [9.17, 15) is 14.7 Å². The Balaban J connectivity index is 4.35. The van der Waals surface area contributed by atoms with Crippen LogP contribution in [0.2, 0.25) is 0 Å². The van der Waals surface area contributed by atoms with E-state index in [-0.39, 0.29) is 11.7 Å². The van der Waals surface area contributed by atoms with E-state index >= 15 is 0 Å². The molecule has 0 radical (unpaired) electrons. The molecule has 0 aliphatic heterocycles. The summed E-state index contributed by atoms with van der Waals surface area (Å²) in [7, 11) is 0. The fourth-order valence-electron chi connectivity index (χ4n) is 1.91. The van der Waals surface area contributed by atoms with E-state index in [2.05, 4.69) is 6.92 Å². The van der Waals surface area contributed by atoms with Crippen molar-refractivity contribution in [2.24, 2.45) is 17.3 Å². The van der Waals surface area contributed by atoms with Gasteiger partial charge in [0, 0.05) is 18.4 Å². The minimum atomic E-state index is -1.04. The molecule has 0 saturated carbocycles. The zero-order valence-electron chi connectivity index (χ0n) is 12.8. The van der Waals surface area contributed by atoms with Crippen LogP contribution in [0.1, 0.15) is 47.5 Å². The number of unbranched alkanes of at least 4 members (excludes halogenated alkanes) is 1. The molecule has 0 aromatic carbocycles. The number of hydrogen-bond donors (Lipinski definition) is 1. The molecule has 19 heavy (non-hydrogen) atoms. The van der Waals surface area contributed by atoms with Gasteiger partial charge in [0.25, 0.3) is 0 Å². The SMILES string of the molecule is CCCCOC[C@H](C)[C@H](O)[C@@H](C)C(=O)C(C)(C)C=O. The maximum atomic E-state index is 12.1. The molecule has 0 aliphatic carbocycles. The van der Waals surface area contributed by atoms with Crippen LogP contribution in [0, 0.1) is 17.3 Å². The molecule has 0 aromatic rings. The van der Waals surface area contributed by atoms with E-state index in [1.165, 1.54) is 0 Å². The minimum Gasteiger partial charge on any atom is -0.392 e. The Hall–Kier alpha value is -0.740. The van der Waals surface area contributed by atoms with Crippen molar-refractivity contribution in [1.29, 1.82) is 0 Å². The highest BCUT2D eigenvalue weighted by Crippen LogP contribution is 2.24. The predicted molar refractivity (Wildman–Crippen MR) is 74.9 cm³/mol. The van der Waals surface area contributed by atoms with Crippen molar-refractivity contribution < 1.29 is 19.4 Å². The number of aliphatic hydroxyl groups excluding tert-OH is 1. The van der Waals surface area contributed by atoms with Gasteiger partial charge >= 0.3 is 0 Å².